The maximum atomic E-state index is 10.3. The third kappa shape index (κ3) is 2.81. The summed E-state index contributed by atoms with van der Waals surface area (Å²) in [5.74, 6) is 0. The van der Waals surface area contributed by atoms with Gasteiger partial charge in [-0.2, -0.15) is 0 Å². The third-order valence-corrected chi connectivity index (χ3v) is 5.17. The van der Waals surface area contributed by atoms with Crippen LogP contribution in [0.15, 0.2) is 24.3 Å². The Kier molecular flexibility index (Phi) is 3.56. The lowest BCUT2D eigenvalue weighted by atomic mass is 10.0. The highest BCUT2D eigenvalue weighted by Gasteiger charge is 2.31. The van der Waals surface area contributed by atoms with Gasteiger partial charge in [-0.3, -0.25) is 0 Å². The number of para-hydroxylation sites is 1. The smallest absolute Gasteiger partial charge is 0.111 e. The zero-order chi connectivity index (χ0) is 13.3. The molecule has 1 aliphatic rings. The highest BCUT2D eigenvalue weighted by molar-refractivity contribution is 7.18. The molecule has 102 valence electrons. The molecule has 1 fully saturated rings. The quantitative estimate of drug-likeness (QED) is 0.901. The summed E-state index contributed by atoms with van der Waals surface area (Å²) >= 11 is 1.73. The van der Waals surface area contributed by atoms with E-state index in [-0.39, 0.29) is 6.04 Å². The van der Waals surface area contributed by atoms with Gasteiger partial charge in [0.05, 0.1) is 21.9 Å². The molecule has 0 saturated heterocycles. The fraction of sp³-hybridized carbons (Fsp3) is 0.533. The Hall–Kier alpha value is -0.970. The average Bonchev–Trinajstić information content (AvgIpc) is 3.02. The average molecular weight is 276 g/mol. The summed E-state index contributed by atoms with van der Waals surface area (Å²) in [4.78, 5) is 4.65. The van der Waals surface area contributed by atoms with E-state index in [1.165, 1.54) is 4.70 Å². The zero-order valence-electron chi connectivity index (χ0n) is 11.2. The molecule has 1 aliphatic carbocycles. The Labute approximate surface area is 117 Å². The lowest BCUT2D eigenvalue weighted by Crippen LogP contribution is -2.39. The van der Waals surface area contributed by atoms with Crippen LogP contribution in [0.3, 0.4) is 0 Å². The predicted molar refractivity (Wildman–Crippen MR) is 79.5 cm³/mol. The molecule has 3 rings (SSSR count). The molecular formula is C15H20N2OS. The second kappa shape index (κ2) is 5.19. The van der Waals surface area contributed by atoms with E-state index in [9.17, 15) is 5.11 Å². The molecule has 0 spiro atoms. The van der Waals surface area contributed by atoms with Crippen molar-refractivity contribution >= 4 is 21.6 Å². The van der Waals surface area contributed by atoms with Crippen LogP contribution in [0.1, 0.15) is 43.7 Å². The van der Waals surface area contributed by atoms with E-state index in [1.54, 1.807) is 11.3 Å². The Morgan fingerprint density at radius 2 is 2.11 bits per heavy atom. The Morgan fingerprint density at radius 1 is 1.37 bits per heavy atom. The van der Waals surface area contributed by atoms with E-state index in [1.807, 2.05) is 18.2 Å². The second-order valence-electron chi connectivity index (χ2n) is 5.55. The first-order chi connectivity index (χ1) is 9.16. The lowest BCUT2D eigenvalue weighted by molar-refractivity contribution is 0.0453. The van der Waals surface area contributed by atoms with Crippen LogP contribution in [-0.2, 0) is 0 Å². The van der Waals surface area contributed by atoms with Crippen molar-refractivity contribution in [3.8, 4) is 0 Å². The highest BCUT2D eigenvalue weighted by Crippen LogP contribution is 2.30. The number of aliphatic hydroxyl groups is 1. The summed E-state index contributed by atoms with van der Waals surface area (Å²) in [6.45, 7) is 2.79. The van der Waals surface area contributed by atoms with Crippen molar-refractivity contribution in [1.82, 2.24) is 10.3 Å². The van der Waals surface area contributed by atoms with Crippen molar-refractivity contribution in [2.45, 2.75) is 44.2 Å². The number of benzene rings is 1. The first kappa shape index (κ1) is 13.0. The van der Waals surface area contributed by atoms with Crippen LogP contribution in [0.5, 0.6) is 0 Å². The van der Waals surface area contributed by atoms with Gasteiger partial charge in [-0.25, -0.2) is 4.98 Å². The van der Waals surface area contributed by atoms with E-state index in [4.69, 9.17) is 0 Å². The Morgan fingerprint density at radius 3 is 2.84 bits per heavy atom. The van der Waals surface area contributed by atoms with Gasteiger partial charge >= 0.3 is 0 Å². The minimum absolute atomic E-state index is 0.196. The fourth-order valence-corrected chi connectivity index (χ4v) is 3.71. The van der Waals surface area contributed by atoms with Crippen LogP contribution >= 0.6 is 11.3 Å². The molecule has 0 bridgehead atoms. The maximum Gasteiger partial charge on any atom is 0.111 e. The Bertz CT molecular complexity index is 527. The number of aromatic nitrogens is 1. The van der Waals surface area contributed by atoms with E-state index in [2.05, 4.69) is 23.3 Å². The van der Waals surface area contributed by atoms with Crippen molar-refractivity contribution in [1.29, 1.82) is 0 Å². The third-order valence-electron chi connectivity index (χ3n) is 3.95. The molecule has 1 atom stereocenters. The highest BCUT2D eigenvalue weighted by atomic mass is 32.1. The van der Waals surface area contributed by atoms with Crippen molar-refractivity contribution in [2.75, 3.05) is 6.54 Å². The van der Waals surface area contributed by atoms with Crippen molar-refractivity contribution in [3.05, 3.63) is 29.3 Å². The summed E-state index contributed by atoms with van der Waals surface area (Å²) in [5, 5.41) is 14.9. The van der Waals surface area contributed by atoms with Crippen LogP contribution in [0.25, 0.3) is 10.2 Å². The minimum Gasteiger partial charge on any atom is -0.389 e. The number of nitrogens with zero attached hydrogens (tertiary/aromatic N) is 1. The molecule has 1 unspecified atom stereocenters. The van der Waals surface area contributed by atoms with Gasteiger partial charge < -0.3 is 10.4 Å². The van der Waals surface area contributed by atoms with Crippen LogP contribution in [0.2, 0.25) is 0 Å². The summed E-state index contributed by atoms with van der Waals surface area (Å²) in [6, 6.07) is 8.41. The standard InChI is InChI=1S/C15H20N2OS/c1-11(16-10-15(18)8-4-5-9-15)14-17-12-6-2-3-7-13(12)19-14/h2-3,6-7,11,16,18H,4-5,8-10H2,1H3. The normalized spacial score (nSPS) is 19.9. The van der Waals surface area contributed by atoms with Gasteiger partial charge in [-0.1, -0.05) is 25.0 Å². The predicted octanol–water partition coefficient (Wildman–Crippen LogP) is 3.25. The molecule has 3 nitrogen and oxygen atoms in total. The fourth-order valence-electron chi connectivity index (χ4n) is 2.72. The summed E-state index contributed by atoms with van der Waals surface area (Å²) in [7, 11) is 0. The van der Waals surface area contributed by atoms with E-state index in [0.717, 1.165) is 36.2 Å². The summed E-state index contributed by atoms with van der Waals surface area (Å²) in [5.41, 5.74) is 0.570. The Balaban J connectivity index is 1.68. The molecule has 1 heterocycles. The molecule has 1 saturated carbocycles. The second-order valence-corrected chi connectivity index (χ2v) is 6.62. The summed E-state index contributed by atoms with van der Waals surface area (Å²) in [6.07, 6.45) is 4.14. The number of hydrogen-bond acceptors (Lipinski definition) is 4. The molecule has 1 aromatic heterocycles. The topological polar surface area (TPSA) is 45.1 Å². The van der Waals surface area contributed by atoms with Crippen LogP contribution in [-0.4, -0.2) is 22.2 Å². The van der Waals surface area contributed by atoms with Gasteiger partial charge in [0.25, 0.3) is 0 Å². The van der Waals surface area contributed by atoms with Crippen LogP contribution in [0.4, 0.5) is 0 Å². The molecule has 0 amide bonds. The zero-order valence-corrected chi connectivity index (χ0v) is 12.0. The van der Waals surface area contributed by atoms with E-state index in [0.29, 0.717) is 6.54 Å². The van der Waals surface area contributed by atoms with Gasteiger partial charge in [0.15, 0.2) is 0 Å². The molecule has 19 heavy (non-hydrogen) atoms. The number of rotatable bonds is 4. The molecule has 2 N–H and O–H groups in total. The van der Waals surface area contributed by atoms with Crippen molar-refractivity contribution in [3.63, 3.8) is 0 Å². The number of nitrogens with one attached hydrogen (secondary N) is 1. The van der Waals surface area contributed by atoms with Crippen molar-refractivity contribution < 1.29 is 5.11 Å². The van der Waals surface area contributed by atoms with Gasteiger partial charge in [0.1, 0.15) is 5.01 Å². The largest absolute Gasteiger partial charge is 0.389 e. The molecule has 2 aromatic rings. The molecule has 0 aliphatic heterocycles. The molecular weight excluding hydrogens is 256 g/mol. The number of thiazole rings is 1. The van der Waals surface area contributed by atoms with Gasteiger partial charge in [-0.05, 0) is 31.9 Å². The number of hydrogen-bond donors (Lipinski definition) is 2. The van der Waals surface area contributed by atoms with E-state index < -0.39 is 5.60 Å². The molecule has 0 radical (unpaired) electrons. The molecule has 4 heteroatoms. The monoisotopic (exact) mass is 276 g/mol. The lowest BCUT2D eigenvalue weighted by Gasteiger charge is -2.24. The van der Waals surface area contributed by atoms with Gasteiger partial charge in [-0.15, -0.1) is 11.3 Å². The van der Waals surface area contributed by atoms with Crippen LogP contribution in [0, 0.1) is 0 Å². The first-order valence-corrected chi connectivity index (χ1v) is 7.79. The SMILES string of the molecule is CC(NCC1(O)CCCC1)c1nc2ccccc2s1. The number of fused-ring (bicyclic) bond motifs is 1. The van der Waals surface area contributed by atoms with Crippen LogP contribution < -0.4 is 5.32 Å². The molecule has 1 aromatic carbocycles. The summed E-state index contributed by atoms with van der Waals surface area (Å²) < 4.78 is 1.23. The van der Waals surface area contributed by atoms with Gasteiger partial charge in [0, 0.05) is 6.54 Å². The maximum absolute atomic E-state index is 10.3. The first-order valence-electron chi connectivity index (χ1n) is 6.98. The van der Waals surface area contributed by atoms with Crippen molar-refractivity contribution in [2.24, 2.45) is 0 Å². The van der Waals surface area contributed by atoms with Gasteiger partial charge in [0.2, 0.25) is 0 Å². The minimum atomic E-state index is -0.495. The van der Waals surface area contributed by atoms with E-state index >= 15 is 0 Å².